The first-order chi connectivity index (χ1) is 12.3. The van der Waals surface area contributed by atoms with E-state index in [1.54, 1.807) is 0 Å². The van der Waals surface area contributed by atoms with Gasteiger partial charge in [0.1, 0.15) is 0 Å². The van der Waals surface area contributed by atoms with Crippen molar-refractivity contribution in [3.8, 4) is 33.4 Å². The molecule has 0 aliphatic heterocycles. The Morgan fingerprint density at radius 2 is 0.840 bits per heavy atom. The van der Waals surface area contributed by atoms with Gasteiger partial charge in [0.05, 0.1) is 0 Å². The highest BCUT2D eigenvalue weighted by Gasteiger charge is 2.06. The van der Waals surface area contributed by atoms with Crippen molar-refractivity contribution in [1.82, 2.24) is 0 Å². The molecule has 4 rings (SSSR count). The van der Waals surface area contributed by atoms with Gasteiger partial charge in [0, 0.05) is 10.6 Å². The molecule has 0 bridgehead atoms. The molecule has 0 aliphatic carbocycles. The highest BCUT2D eigenvalue weighted by molar-refractivity contribution is 6.33. The molecule has 0 saturated heterocycles. The Bertz CT molecular complexity index is 971. The summed E-state index contributed by atoms with van der Waals surface area (Å²) in [7, 11) is 0. The van der Waals surface area contributed by atoms with Gasteiger partial charge in [-0.3, -0.25) is 0 Å². The lowest BCUT2D eigenvalue weighted by Crippen LogP contribution is -1.84. The van der Waals surface area contributed by atoms with Crippen LogP contribution in [0.1, 0.15) is 0 Å². The number of halogens is 1. The zero-order chi connectivity index (χ0) is 17.1. The van der Waals surface area contributed by atoms with Gasteiger partial charge in [0.25, 0.3) is 0 Å². The molecule has 120 valence electrons. The van der Waals surface area contributed by atoms with Crippen LogP contribution in [0.3, 0.4) is 0 Å². The van der Waals surface area contributed by atoms with Gasteiger partial charge in [-0.15, -0.1) is 0 Å². The molecule has 4 aromatic carbocycles. The Hall–Kier alpha value is -2.83. The van der Waals surface area contributed by atoms with Crippen molar-refractivity contribution in [3.05, 3.63) is 108 Å². The van der Waals surface area contributed by atoms with Crippen LogP contribution < -0.4 is 0 Å². The second kappa shape index (κ2) is 6.96. The Morgan fingerprint density at radius 1 is 0.400 bits per heavy atom. The van der Waals surface area contributed by atoms with E-state index < -0.39 is 0 Å². The van der Waals surface area contributed by atoms with Gasteiger partial charge < -0.3 is 0 Å². The van der Waals surface area contributed by atoms with Crippen molar-refractivity contribution in [2.45, 2.75) is 0 Å². The van der Waals surface area contributed by atoms with E-state index in [4.69, 9.17) is 11.6 Å². The molecule has 0 amide bonds. The molecule has 0 unspecified atom stereocenters. The average Bonchev–Trinajstić information content (AvgIpc) is 2.70. The van der Waals surface area contributed by atoms with Gasteiger partial charge in [-0.05, 0) is 39.9 Å². The molecule has 0 atom stereocenters. The van der Waals surface area contributed by atoms with Crippen molar-refractivity contribution in [3.63, 3.8) is 0 Å². The molecule has 0 saturated carbocycles. The molecule has 0 N–H and O–H groups in total. The van der Waals surface area contributed by atoms with E-state index in [0.29, 0.717) is 0 Å². The van der Waals surface area contributed by atoms with Crippen molar-refractivity contribution in [1.29, 1.82) is 0 Å². The zero-order valence-electron chi connectivity index (χ0n) is 13.7. The van der Waals surface area contributed by atoms with Gasteiger partial charge in [-0.25, -0.2) is 0 Å². The fourth-order valence-electron chi connectivity index (χ4n) is 3.03. The lowest BCUT2D eigenvalue weighted by molar-refractivity contribution is 1.57. The molecule has 1 heteroatoms. The summed E-state index contributed by atoms with van der Waals surface area (Å²) in [6.45, 7) is 0. The zero-order valence-corrected chi connectivity index (χ0v) is 14.4. The number of rotatable bonds is 3. The fourth-order valence-corrected chi connectivity index (χ4v) is 3.26. The summed E-state index contributed by atoms with van der Waals surface area (Å²) in [4.78, 5) is 0. The number of hydrogen-bond donors (Lipinski definition) is 0. The second-order valence-electron chi connectivity index (χ2n) is 6.00. The fraction of sp³-hybridized carbons (Fsp3) is 0. The molecular weight excluding hydrogens is 324 g/mol. The first-order valence-electron chi connectivity index (χ1n) is 8.32. The van der Waals surface area contributed by atoms with E-state index >= 15 is 0 Å². The Labute approximate surface area is 153 Å². The maximum Gasteiger partial charge on any atom is 0.0484 e. The van der Waals surface area contributed by atoms with E-state index in [0.717, 1.165) is 16.1 Å². The van der Waals surface area contributed by atoms with E-state index in [-0.39, 0.29) is 0 Å². The molecule has 0 aliphatic rings. The Morgan fingerprint density at radius 3 is 1.44 bits per heavy atom. The van der Waals surface area contributed by atoms with Crippen molar-refractivity contribution < 1.29 is 0 Å². The SMILES string of the molecule is Clc1ccc(-c2ccc(-c3ccccc3)cc2)cc1-c1ccccc1. The maximum atomic E-state index is 6.42. The molecule has 4 aromatic rings. The monoisotopic (exact) mass is 340 g/mol. The third kappa shape index (κ3) is 3.35. The van der Waals surface area contributed by atoms with Crippen LogP contribution in [0.25, 0.3) is 33.4 Å². The smallest absolute Gasteiger partial charge is 0.0484 e. The van der Waals surface area contributed by atoms with E-state index in [2.05, 4.69) is 72.8 Å². The van der Waals surface area contributed by atoms with Crippen LogP contribution >= 0.6 is 11.6 Å². The summed E-state index contributed by atoms with van der Waals surface area (Å²) in [6, 6.07) is 35.6. The van der Waals surface area contributed by atoms with Crippen molar-refractivity contribution >= 4 is 11.6 Å². The predicted octanol–water partition coefficient (Wildman–Crippen LogP) is 7.34. The first-order valence-corrected chi connectivity index (χ1v) is 8.70. The van der Waals surface area contributed by atoms with E-state index in [9.17, 15) is 0 Å². The molecule has 0 spiro atoms. The van der Waals surface area contributed by atoms with Crippen molar-refractivity contribution in [2.75, 3.05) is 0 Å². The summed E-state index contributed by atoms with van der Waals surface area (Å²) in [5, 5.41) is 0.774. The van der Waals surface area contributed by atoms with Crippen LogP contribution in [0.5, 0.6) is 0 Å². The van der Waals surface area contributed by atoms with Gasteiger partial charge in [0.15, 0.2) is 0 Å². The normalized spacial score (nSPS) is 10.6. The Balaban J connectivity index is 1.71. The molecule has 25 heavy (non-hydrogen) atoms. The molecular formula is C24H17Cl. The van der Waals surface area contributed by atoms with Gasteiger partial charge >= 0.3 is 0 Å². The maximum absolute atomic E-state index is 6.42. The molecule has 0 radical (unpaired) electrons. The van der Waals surface area contributed by atoms with Gasteiger partial charge in [0.2, 0.25) is 0 Å². The summed E-state index contributed by atoms with van der Waals surface area (Å²) in [6.07, 6.45) is 0. The van der Waals surface area contributed by atoms with Crippen LogP contribution in [0.2, 0.25) is 5.02 Å². The largest absolute Gasteiger partial charge is 0.0837 e. The summed E-state index contributed by atoms with van der Waals surface area (Å²) in [5.41, 5.74) is 7.01. The van der Waals surface area contributed by atoms with Gasteiger partial charge in [-0.1, -0.05) is 103 Å². The lowest BCUT2D eigenvalue weighted by Gasteiger charge is -2.09. The lowest BCUT2D eigenvalue weighted by atomic mass is 9.97. The quantitative estimate of drug-likeness (QED) is 0.366. The highest BCUT2D eigenvalue weighted by atomic mass is 35.5. The predicted molar refractivity (Wildman–Crippen MR) is 108 cm³/mol. The number of hydrogen-bond acceptors (Lipinski definition) is 0. The molecule has 0 nitrogen and oxygen atoms in total. The minimum atomic E-state index is 0.774. The minimum absolute atomic E-state index is 0.774. The summed E-state index contributed by atoms with van der Waals surface area (Å²) in [5.74, 6) is 0. The third-order valence-corrected chi connectivity index (χ3v) is 4.71. The average molecular weight is 341 g/mol. The first kappa shape index (κ1) is 15.7. The van der Waals surface area contributed by atoms with E-state index in [1.165, 1.54) is 22.3 Å². The van der Waals surface area contributed by atoms with Gasteiger partial charge in [-0.2, -0.15) is 0 Å². The summed E-state index contributed by atoms with van der Waals surface area (Å²) >= 11 is 6.42. The number of benzene rings is 4. The van der Waals surface area contributed by atoms with Crippen LogP contribution in [-0.4, -0.2) is 0 Å². The summed E-state index contributed by atoms with van der Waals surface area (Å²) < 4.78 is 0. The van der Waals surface area contributed by atoms with Crippen LogP contribution in [0, 0.1) is 0 Å². The minimum Gasteiger partial charge on any atom is -0.0837 e. The van der Waals surface area contributed by atoms with Crippen LogP contribution in [0.4, 0.5) is 0 Å². The van der Waals surface area contributed by atoms with Crippen molar-refractivity contribution in [2.24, 2.45) is 0 Å². The molecule has 0 heterocycles. The third-order valence-electron chi connectivity index (χ3n) is 4.38. The molecule has 0 fully saturated rings. The second-order valence-corrected chi connectivity index (χ2v) is 6.41. The van der Waals surface area contributed by atoms with Crippen LogP contribution in [-0.2, 0) is 0 Å². The highest BCUT2D eigenvalue weighted by Crippen LogP contribution is 2.33. The molecule has 0 aromatic heterocycles. The standard InChI is InChI=1S/C24H17Cl/c25-24-16-15-22(17-23(24)21-9-5-2-6-10-21)20-13-11-19(12-14-20)18-7-3-1-4-8-18/h1-17H. The topological polar surface area (TPSA) is 0 Å². The Kier molecular flexibility index (Phi) is 4.37. The van der Waals surface area contributed by atoms with E-state index in [1.807, 2.05) is 30.3 Å². The van der Waals surface area contributed by atoms with Crippen LogP contribution in [0.15, 0.2) is 103 Å².